The summed E-state index contributed by atoms with van der Waals surface area (Å²) in [6.45, 7) is 2.07. The zero-order valence-electron chi connectivity index (χ0n) is 10.3. The van der Waals surface area contributed by atoms with E-state index in [1.54, 1.807) is 6.20 Å². The second-order valence-electron chi connectivity index (χ2n) is 4.03. The van der Waals surface area contributed by atoms with Crippen LogP contribution in [0.2, 0.25) is 0 Å². The first-order valence-electron chi connectivity index (χ1n) is 5.71. The summed E-state index contributed by atoms with van der Waals surface area (Å²) in [5.74, 6) is -0.819. The Morgan fingerprint density at radius 2 is 2.16 bits per heavy atom. The first-order valence-corrected chi connectivity index (χ1v) is 7.48. The third-order valence-corrected chi connectivity index (χ3v) is 4.22. The summed E-state index contributed by atoms with van der Waals surface area (Å²) in [6.07, 6.45) is 3.57. The van der Waals surface area contributed by atoms with Crippen molar-refractivity contribution in [3.8, 4) is 0 Å². The van der Waals surface area contributed by atoms with Crippen molar-refractivity contribution < 1.29 is 9.90 Å². The van der Waals surface area contributed by atoms with Crippen molar-refractivity contribution in [3.05, 3.63) is 46.7 Å². The first-order chi connectivity index (χ1) is 9.08. The highest BCUT2D eigenvalue weighted by atomic mass is 79.9. The van der Waals surface area contributed by atoms with E-state index in [2.05, 4.69) is 27.8 Å². The number of imidazole rings is 1. The molecule has 1 aromatic heterocycles. The largest absolute Gasteiger partial charge is 0.481 e. The molecule has 0 bridgehead atoms. The summed E-state index contributed by atoms with van der Waals surface area (Å²) in [5, 5.41) is 9.45. The lowest BCUT2D eigenvalue weighted by atomic mass is 10.1. The molecule has 1 heterocycles. The van der Waals surface area contributed by atoms with Crippen molar-refractivity contribution in [3.63, 3.8) is 0 Å². The van der Waals surface area contributed by atoms with Crippen LogP contribution in [0.15, 0.2) is 46.3 Å². The lowest BCUT2D eigenvalue weighted by Gasteiger charge is -2.16. The Morgan fingerprint density at radius 1 is 1.47 bits per heavy atom. The molecule has 1 unspecified atom stereocenters. The summed E-state index contributed by atoms with van der Waals surface area (Å²) >= 11 is 4.64. The minimum absolute atomic E-state index is 0.0179. The van der Waals surface area contributed by atoms with Gasteiger partial charge in [-0.3, -0.25) is 4.79 Å². The Morgan fingerprint density at radius 3 is 2.79 bits per heavy atom. The van der Waals surface area contributed by atoms with Crippen LogP contribution < -0.4 is 0 Å². The summed E-state index contributed by atoms with van der Waals surface area (Å²) in [5.41, 5.74) is 1.15. The molecule has 0 aliphatic heterocycles. The van der Waals surface area contributed by atoms with Gasteiger partial charge >= 0.3 is 5.97 Å². The molecule has 19 heavy (non-hydrogen) atoms. The van der Waals surface area contributed by atoms with Crippen molar-refractivity contribution in [2.75, 3.05) is 5.75 Å². The maximum atomic E-state index is 10.6. The van der Waals surface area contributed by atoms with Crippen LogP contribution in [0.4, 0.5) is 0 Å². The quantitative estimate of drug-likeness (QED) is 0.847. The lowest BCUT2D eigenvalue weighted by Crippen LogP contribution is -2.08. The van der Waals surface area contributed by atoms with Crippen molar-refractivity contribution in [2.45, 2.75) is 18.1 Å². The fraction of sp³-hybridized carbons (Fsp3) is 0.231. The maximum Gasteiger partial charge on any atom is 0.313 e. The molecule has 0 radical (unpaired) electrons. The molecule has 2 aromatic rings. The minimum Gasteiger partial charge on any atom is -0.481 e. The number of carboxylic acid groups (broad SMARTS) is 1. The van der Waals surface area contributed by atoms with Crippen molar-refractivity contribution in [2.24, 2.45) is 0 Å². The SMILES string of the molecule is CC(c1ccc(Br)cc1)n1ccnc1SCC(=O)O. The van der Waals surface area contributed by atoms with E-state index in [1.807, 2.05) is 35.0 Å². The van der Waals surface area contributed by atoms with Crippen LogP contribution in [-0.2, 0) is 4.79 Å². The summed E-state index contributed by atoms with van der Waals surface area (Å²) in [7, 11) is 0. The Hall–Kier alpha value is -1.27. The third-order valence-electron chi connectivity index (χ3n) is 2.73. The van der Waals surface area contributed by atoms with Crippen molar-refractivity contribution >= 4 is 33.7 Å². The van der Waals surface area contributed by atoms with E-state index >= 15 is 0 Å². The van der Waals surface area contributed by atoms with Crippen LogP contribution in [0.5, 0.6) is 0 Å². The molecule has 100 valence electrons. The normalized spacial score (nSPS) is 12.3. The number of hydrogen-bond acceptors (Lipinski definition) is 3. The number of hydrogen-bond donors (Lipinski definition) is 1. The van der Waals surface area contributed by atoms with Crippen molar-refractivity contribution in [1.29, 1.82) is 0 Å². The zero-order valence-corrected chi connectivity index (χ0v) is 12.7. The number of rotatable bonds is 5. The highest BCUT2D eigenvalue weighted by molar-refractivity contribution is 9.10. The molecule has 6 heteroatoms. The smallest absolute Gasteiger partial charge is 0.313 e. The van der Waals surface area contributed by atoms with Crippen LogP contribution in [-0.4, -0.2) is 26.4 Å². The molecule has 1 aromatic carbocycles. The van der Waals surface area contributed by atoms with Gasteiger partial charge in [-0.05, 0) is 24.6 Å². The van der Waals surface area contributed by atoms with Crippen LogP contribution >= 0.6 is 27.7 Å². The number of aliphatic carboxylic acids is 1. The van der Waals surface area contributed by atoms with Gasteiger partial charge in [0.1, 0.15) is 0 Å². The van der Waals surface area contributed by atoms with Crippen LogP contribution in [0, 0.1) is 0 Å². The first kappa shape index (κ1) is 14.1. The molecule has 1 N–H and O–H groups in total. The van der Waals surface area contributed by atoms with E-state index in [0.717, 1.165) is 15.2 Å². The number of nitrogens with zero attached hydrogens (tertiary/aromatic N) is 2. The summed E-state index contributed by atoms with van der Waals surface area (Å²) < 4.78 is 3.02. The molecular weight excluding hydrogens is 328 g/mol. The molecule has 0 fully saturated rings. The van der Waals surface area contributed by atoms with Gasteiger partial charge in [-0.15, -0.1) is 0 Å². The van der Waals surface area contributed by atoms with Gasteiger partial charge in [0.05, 0.1) is 11.8 Å². The van der Waals surface area contributed by atoms with E-state index in [-0.39, 0.29) is 11.8 Å². The monoisotopic (exact) mass is 340 g/mol. The molecule has 0 amide bonds. The van der Waals surface area contributed by atoms with Gasteiger partial charge in [-0.1, -0.05) is 39.8 Å². The molecule has 1 atom stereocenters. The van der Waals surface area contributed by atoms with Gasteiger partial charge in [-0.25, -0.2) is 4.98 Å². The van der Waals surface area contributed by atoms with E-state index in [0.29, 0.717) is 0 Å². The van der Waals surface area contributed by atoms with Gasteiger partial charge in [-0.2, -0.15) is 0 Å². The van der Waals surface area contributed by atoms with E-state index in [4.69, 9.17) is 5.11 Å². The summed E-state index contributed by atoms with van der Waals surface area (Å²) in [4.78, 5) is 14.8. The molecule has 0 aliphatic carbocycles. The predicted octanol–water partition coefficient (Wildman–Crippen LogP) is 3.43. The van der Waals surface area contributed by atoms with Crippen LogP contribution in [0.3, 0.4) is 0 Å². The maximum absolute atomic E-state index is 10.6. The van der Waals surface area contributed by atoms with Crippen LogP contribution in [0.1, 0.15) is 18.5 Å². The molecule has 0 spiro atoms. The van der Waals surface area contributed by atoms with Gasteiger partial charge in [0.2, 0.25) is 0 Å². The van der Waals surface area contributed by atoms with Crippen LogP contribution in [0.25, 0.3) is 0 Å². The number of carboxylic acids is 1. The molecule has 0 saturated heterocycles. The second-order valence-corrected chi connectivity index (χ2v) is 5.89. The van der Waals surface area contributed by atoms with Gasteiger partial charge in [0.15, 0.2) is 5.16 Å². The fourth-order valence-electron chi connectivity index (χ4n) is 1.73. The van der Waals surface area contributed by atoms with Crippen molar-refractivity contribution in [1.82, 2.24) is 9.55 Å². The number of halogens is 1. The summed E-state index contributed by atoms with van der Waals surface area (Å²) in [6, 6.07) is 8.19. The number of benzene rings is 1. The number of thioether (sulfide) groups is 1. The highest BCUT2D eigenvalue weighted by Gasteiger charge is 2.13. The highest BCUT2D eigenvalue weighted by Crippen LogP contribution is 2.25. The van der Waals surface area contributed by atoms with Gasteiger partial charge in [0.25, 0.3) is 0 Å². The van der Waals surface area contributed by atoms with E-state index in [9.17, 15) is 4.79 Å². The van der Waals surface area contributed by atoms with E-state index in [1.165, 1.54) is 11.8 Å². The Bertz CT molecular complexity index is 568. The standard InChI is InChI=1S/C13H13BrN2O2S/c1-9(10-2-4-11(14)5-3-10)16-7-6-15-13(16)19-8-12(17)18/h2-7,9H,8H2,1H3,(H,17,18). The topological polar surface area (TPSA) is 55.1 Å². The molecular formula is C13H13BrN2O2S. The third kappa shape index (κ3) is 3.61. The minimum atomic E-state index is -0.837. The average molecular weight is 341 g/mol. The molecule has 2 rings (SSSR count). The number of aromatic nitrogens is 2. The Labute approximate surface area is 124 Å². The molecule has 0 aliphatic rings. The van der Waals surface area contributed by atoms with Gasteiger partial charge in [0, 0.05) is 16.9 Å². The number of carbonyl (C=O) groups is 1. The Kier molecular flexibility index (Phi) is 4.66. The lowest BCUT2D eigenvalue weighted by molar-refractivity contribution is -0.133. The second kappa shape index (κ2) is 6.25. The van der Waals surface area contributed by atoms with E-state index < -0.39 is 5.97 Å². The fourth-order valence-corrected chi connectivity index (χ4v) is 2.75. The average Bonchev–Trinajstić information content (AvgIpc) is 2.84. The predicted molar refractivity (Wildman–Crippen MR) is 78.5 cm³/mol. The Balaban J connectivity index is 2.19. The molecule has 0 saturated carbocycles. The zero-order chi connectivity index (χ0) is 13.8. The molecule has 4 nitrogen and oxygen atoms in total. The van der Waals surface area contributed by atoms with Gasteiger partial charge < -0.3 is 9.67 Å².